The van der Waals surface area contributed by atoms with E-state index in [0.29, 0.717) is 23.3 Å². The summed E-state index contributed by atoms with van der Waals surface area (Å²) in [4.78, 5) is 13.9. The summed E-state index contributed by atoms with van der Waals surface area (Å²) >= 11 is 0. The van der Waals surface area contributed by atoms with E-state index in [-0.39, 0.29) is 23.3 Å². The van der Waals surface area contributed by atoms with Crippen LogP contribution in [-0.2, 0) is 5.60 Å². The van der Waals surface area contributed by atoms with Crippen molar-refractivity contribution in [2.45, 2.75) is 38.7 Å². The number of carbonyl (C=O) groups is 1. The number of rotatable bonds is 9. The van der Waals surface area contributed by atoms with Gasteiger partial charge in [0.05, 0.1) is 6.61 Å². The molecule has 1 aliphatic rings. The third-order valence-electron chi connectivity index (χ3n) is 7.20. The first-order chi connectivity index (χ1) is 17.3. The van der Waals surface area contributed by atoms with E-state index in [1.54, 1.807) is 37.3 Å². The maximum Gasteiger partial charge on any atom is 0.159 e. The molecule has 0 aromatic heterocycles. The standard InChI is InChI=1S/C30H33F2NO3/c1-21-20-23(22(2)34)4-13-29(21)36-19-3-16-33-17-14-26(15-18-33)30(35,24-5-9-27(31)10-6-24)25-7-11-28(32)12-8-25/h4-13,20,26,35H,3,14-19H2,1-2H3. The Labute approximate surface area is 211 Å². The van der Waals surface area contributed by atoms with Gasteiger partial charge in [0.15, 0.2) is 5.78 Å². The first-order valence-electron chi connectivity index (χ1n) is 12.5. The minimum atomic E-state index is -1.32. The molecule has 1 heterocycles. The Balaban J connectivity index is 1.35. The summed E-state index contributed by atoms with van der Waals surface area (Å²) in [6, 6.07) is 17.4. The zero-order chi connectivity index (χ0) is 25.7. The SMILES string of the molecule is CC(=O)c1ccc(OCCCN2CCC(C(O)(c3ccc(F)cc3)c3ccc(F)cc3)CC2)c(C)c1. The zero-order valence-electron chi connectivity index (χ0n) is 20.8. The van der Waals surface area contributed by atoms with E-state index < -0.39 is 5.60 Å². The monoisotopic (exact) mass is 493 g/mol. The van der Waals surface area contributed by atoms with Gasteiger partial charge < -0.3 is 14.7 Å². The van der Waals surface area contributed by atoms with Crippen LogP contribution in [0.15, 0.2) is 66.7 Å². The molecule has 0 aliphatic carbocycles. The van der Waals surface area contributed by atoms with Gasteiger partial charge in [-0.3, -0.25) is 4.79 Å². The van der Waals surface area contributed by atoms with Crippen molar-refractivity contribution < 1.29 is 23.4 Å². The summed E-state index contributed by atoms with van der Waals surface area (Å²) in [5.41, 5.74) is 1.55. The lowest BCUT2D eigenvalue weighted by molar-refractivity contribution is -0.0147. The lowest BCUT2D eigenvalue weighted by Crippen LogP contribution is -2.44. The number of aliphatic hydroxyl groups is 1. The van der Waals surface area contributed by atoms with E-state index in [1.165, 1.54) is 24.3 Å². The molecule has 190 valence electrons. The Kier molecular flexibility index (Phi) is 8.17. The lowest BCUT2D eigenvalue weighted by Gasteiger charge is -2.42. The van der Waals surface area contributed by atoms with E-state index in [2.05, 4.69) is 4.90 Å². The minimum Gasteiger partial charge on any atom is -0.493 e. The van der Waals surface area contributed by atoms with Crippen LogP contribution in [0.25, 0.3) is 0 Å². The normalized spacial score (nSPS) is 15.1. The summed E-state index contributed by atoms with van der Waals surface area (Å²) in [5.74, 6) is 0.0361. The van der Waals surface area contributed by atoms with E-state index in [0.717, 1.165) is 50.2 Å². The van der Waals surface area contributed by atoms with E-state index in [9.17, 15) is 18.7 Å². The molecule has 0 amide bonds. The van der Waals surface area contributed by atoms with Gasteiger partial charge in [0.25, 0.3) is 0 Å². The van der Waals surface area contributed by atoms with Gasteiger partial charge in [0, 0.05) is 12.1 Å². The predicted octanol–water partition coefficient (Wildman–Crippen LogP) is 5.89. The van der Waals surface area contributed by atoms with Crippen molar-refractivity contribution in [1.82, 2.24) is 4.90 Å². The van der Waals surface area contributed by atoms with Crippen molar-refractivity contribution >= 4 is 5.78 Å². The van der Waals surface area contributed by atoms with E-state index >= 15 is 0 Å². The smallest absolute Gasteiger partial charge is 0.159 e. The highest BCUT2D eigenvalue weighted by Crippen LogP contribution is 2.42. The van der Waals surface area contributed by atoms with Crippen LogP contribution in [0.2, 0.25) is 0 Å². The van der Waals surface area contributed by atoms with Gasteiger partial charge in [-0.05, 0) is 111 Å². The van der Waals surface area contributed by atoms with Gasteiger partial charge in [0.2, 0.25) is 0 Å². The molecule has 3 aromatic carbocycles. The number of nitrogens with zero attached hydrogens (tertiary/aromatic N) is 1. The number of aryl methyl sites for hydroxylation is 1. The summed E-state index contributed by atoms with van der Waals surface area (Å²) in [7, 11) is 0. The number of Topliss-reactive ketones (excluding diaryl/α,β-unsaturated/α-hetero) is 1. The molecule has 0 unspecified atom stereocenters. The Morgan fingerprint density at radius 3 is 2.03 bits per heavy atom. The number of likely N-dealkylation sites (tertiary alicyclic amines) is 1. The number of ether oxygens (including phenoxy) is 1. The number of ketones is 1. The van der Waals surface area contributed by atoms with Crippen LogP contribution in [0.1, 0.15) is 53.2 Å². The number of piperidine rings is 1. The van der Waals surface area contributed by atoms with Crippen molar-refractivity contribution in [2.24, 2.45) is 5.92 Å². The fraction of sp³-hybridized carbons (Fsp3) is 0.367. The molecule has 1 aliphatic heterocycles. The van der Waals surface area contributed by atoms with Gasteiger partial charge in [-0.1, -0.05) is 24.3 Å². The molecule has 36 heavy (non-hydrogen) atoms. The molecule has 0 atom stereocenters. The Morgan fingerprint density at radius 2 is 1.53 bits per heavy atom. The van der Waals surface area contributed by atoms with Crippen LogP contribution in [0.5, 0.6) is 5.75 Å². The maximum atomic E-state index is 13.6. The van der Waals surface area contributed by atoms with Crippen LogP contribution < -0.4 is 4.74 Å². The molecule has 4 nitrogen and oxygen atoms in total. The highest BCUT2D eigenvalue weighted by molar-refractivity contribution is 5.94. The third kappa shape index (κ3) is 5.82. The molecule has 1 fully saturated rings. The third-order valence-corrected chi connectivity index (χ3v) is 7.20. The molecule has 1 N–H and O–H groups in total. The zero-order valence-corrected chi connectivity index (χ0v) is 20.8. The second-order valence-electron chi connectivity index (χ2n) is 9.63. The van der Waals surface area contributed by atoms with Crippen LogP contribution in [-0.4, -0.2) is 42.0 Å². The maximum absolute atomic E-state index is 13.6. The Morgan fingerprint density at radius 1 is 0.972 bits per heavy atom. The number of hydrogen-bond donors (Lipinski definition) is 1. The molecular weight excluding hydrogens is 460 g/mol. The summed E-state index contributed by atoms with van der Waals surface area (Å²) in [6.45, 7) is 6.59. The molecule has 4 rings (SSSR count). The second kappa shape index (κ2) is 11.3. The van der Waals surface area contributed by atoms with Gasteiger partial charge in [-0.2, -0.15) is 0 Å². The van der Waals surface area contributed by atoms with E-state index in [4.69, 9.17) is 4.74 Å². The molecule has 1 saturated heterocycles. The van der Waals surface area contributed by atoms with Crippen molar-refractivity contribution in [3.8, 4) is 5.75 Å². The first kappa shape index (κ1) is 26.0. The fourth-order valence-corrected chi connectivity index (χ4v) is 5.12. The average Bonchev–Trinajstić information content (AvgIpc) is 2.88. The van der Waals surface area contributed by atoms with Crippen molar-refractivity contribution in [3.05, 3.63) is 101 Å². The second-order valence-corrected chi connectivity index (χ2v) is 9.63. The highest BCUT2D eigenvalue weighted by atomic mass is 19.1. The highest BCUT2D eigenvalue weighted by Gasteiger charge is 2.41. The van der Waals surface area contributed by atoms with Crippen LogP contribution in [0, 0.1) is 24.5 Å². The van der Waals surface area contributed by atoms with Gasteiger partial charge in [0.1, 0.15) is 23.0 Å². The van der Waals surface area contributed by atoms with E-state index in [1.807, 2.05) is 19.1 Å². The minimum absolute atomic E-state index is 0.0406. The van der Waals surface area contributed by atoms with Gasteiger partial charge in [-0.25, -0.2) is 8.78 Å². The fourth-order valence-electron chi connectivity index (χ4n) is 5.12. The van der Waals surface area contributed by atoms with Crippen LogP contribution in [0.3, 0.4) is 0 Å². The Bertz CT molecular complexity index is 1120. The van der Waals surface area contributed by atoms with Gasteiger partial charge in [-0.15, -0.1) is 0 Å². The largest absolute Gasteiger partial charge is 0.493 e. The van der Waals surface area contributed by atoms with Crippen LogP contribution in [0.4, 0.5) is 8.78 Å². The molecule has 0 spiro atoms. The molecule has 3 aromatic rings. The summed E-state index contributed by atoms with van der Waals surface area (Å²) in [6.07, 6.45) is 2.38. The average molecular weight is 494 g/mol. The van der Waals surface area contributed by atoms with Gasteiger partial charge >= 0.3 is 0 Å². The molecule has 0 radical (unpaired) electrons. The van der Waals surface area contributed by atoms with Crippen molar-refractivity contribution in [1.29, 1.82) is 0 Å². The number of hydrogen-bond acceptors (Lipinski definition) is 4. The quantitative estimate of drug-likeness (QED) is 0.298. The topological polar surface area (TPSA) is 49.8 Å². The Hall–Kier alpha value is -3.09. The summed E-state index contributed by atoms with van der Waals surface area (Å²) in [5, 5.41) is 12.0. The predicted molar refractivity (Wildman–Crippen MR) is 136 cm³/mol. The summed E-state index contributed by atoms with van der Waals surface area (Å²) < 4.78 is 33.1. The first-order valence-corrected chi connectivity index (χ1v) is 12.5. The van der Waals surface area contributed by atoms with Crippen molar-refractivity contribution in [2.75, 3.05) is 26.2 Å². The van der Waals surface area contributed by atoms with Crippen LogP contribution >= 0.6 is 0 Å². The molecule has 0 saturated carbocycles. The molecular formula is C30H33F2NO3. The number of benzene rings is 3. The lowest BCUT2D eigenvalue weighted by atomic mass is 9.72. The molecule has 6 heteroatoms. The van der Waals surface area contributed by atoms with Crippen molar-refractivity contribution in [3.63, 3.8) is 0 Å². The number of halogens is 2. The number of carbonyl (C=O) groups excluding carboxylic acids is 1. The molecule has 0 bridgehead atoms.